The third kappa shape index (κ3) is 3.72. The van der Waals surface area contributed by atoms with E-state index in [0.717, 1.165) is 6.07 Å². The number of benzene rings is 1. The molecule has 3 atom stereocenters. The van der Waals surface area contributed by atoms with Crippen LogP contribution in [0.25, 0.3) is 0 Å². The predicted molar refractivity (Wildman–Crippen MR) is 122 cm³/mol. The highest BCUT2D eigenvalue weighted by Crippen LogP contribution is 2.46. The molecular formula is C24H24F2N4O6. The number of aromatic hydroxyl groups is 1. The van der Waals surface area contributed by atoms with Crippen LogP contribution in [-0.2, 0) is 11.4 Å². The lowest BCUT2D eigenvalue weighted by Crippen LogP contribution is -2.52. The zero-order chi connectivity index (χ0) is 25.8. The molecule has 3 aliphatic rings. The maximum Gasteiger partial charge on any atom is 0.274 e. The molecule has 0 aliphatic carbocycles. The molecular weight excluding hydrogens is 478 g/mol. The van der Waals surface area contributed by atoms with Gasteiger partial charge in [-0.15, -0.1) is 0 Å². The SMILES string of the molecule is CC1CCC2(CC(CO)=NO2)C2CN1C(=O)c1c(O)c(=O)c(C(=O)NCc3ccc(F)cc3F)cn12. The number of pyridine rings is 1. The van der Waals surface area contributed by atoms with Crippen molar-refractivity contribution >= 4 is 17.5 Å². The van der Waals surface area contributed by atoms with Crippen molar-refractivity contribution in [3.05, 3.63) is 63.1 Å². The first-order valence-electron chi connectivity index (χ1n) is 11.5. The van der Waals surface area contributed by atoms with E-state index in [1.807, 2.05) is 6.92 Å². The molecule has 2 aromatic rings. The van der Waals surface area contributed by atoms with Crippen LogP contribution in [0.15, 0.2) is 34.3 Å². The molecule has 3 unspecified atom stereocenters. The summed E-state index contributed by atoms with van der Waals surface area (Å²) >= 11 is 0. The molecule has 0 saturated carbocycles. The maximum atomic E-state index is 14.0. The number of halogens is 2. The summed E-state index contributed by atoms with van der Waals surface area (Å²) in [6.07, 6.45) is 2.52. The Labute approximate surface area is 203 Å². The van der Waals surface area contributed by atoms with Crippen LogP contribution in [0, 0.1) is 11.6 Å². The van der Waals surface area contributed by atoms with E-state index in [2.05, 4.69) is 10.5 Å². The second-order valence-corrected chi connectivity index (χ2v) is 9.40. The number of aliphatic hydroxyl groups excluding tert-OH is 1. The van der Waals surface area contributed by atoms with Gasteiger partial charge < -0.3 is 29.8 Å². The summed E-state index contributed by atoms with van der Waals surface area (Å²) in [5, 5.41) is 26.8. The number of hydrogen-bond acceptors (Lipinski definition) is 7. The summed E-state index contributed by atoms with van der Waals surface area (Å²) in [7, 11) is 0. The van der Waals surface area contributed by atoms with Gasteiger partial charge in [0.15, 0.2) is 17.0 Å². The molecule has 3 N–H and O–H groups in total. The zero-order valence-corrected chi connectivity index (χ0v) is 19.3. The van der Waals surface area contributed by atoms with E-state index < -0.39 is 51.8 Å². The van der Waals surface area contributed by atoms with E-state index in [1.54, 1.807) is 4.90 Å². The Kier molecular flexibility index (Phi) is 5.78. The minimum atomic E-state index is -1.05. The van der Waals surface area contributed by atoms with Gasteiger partial charge in [-0.05, 0) is 25.8 Å². The van der Waals surface area contributed by atoms with Gasteiger partial charge in [0.05, 0.1) is 18.4 Å². The van der Waals surface area contributed by atoms with Crippen LogP contribution < -0.4 is 10.7 Å². The lowest BCUT2D eigenvalue weighted by atomic mass is 9.84. The number of carbonyl (C=O) groups is 2. The number of hydrogen-bond donors (Lipinski definition) is 3. The summed E-state index contributed by atoms with van der Waals surface area (Å²) in [6, 6.07) is 2.06. The number of carbonyl (C=O) groups excluding carboxylic acids is 2. The fraction of sp³-hybridized carbons (Fsp3) is 0.417. The van der Waals surface area contributed by atoms with Gasteiger partial charge in [-0.1, -0.05) is 11.2 Å². The van der Waals surface area contributed by atoms with E-state index in [-0.39, 0.29) is 43.4 Å². The molecule has 12 heteroatoms. The number of aliphatic hydroxyl groups is 1. The van der Waals surface area contributed by atoms with Gasteiger partial charge in [-0.25, -0.2) is 8.78 Å². The van der Waals surface area contributed by atoms with E-state index >= 15 is 0 Å². The highest BCUT2D eigenvalue weighted by atomic mass is 19.1. The highest BCUT2D eigenvalue weighted by molar-refractivity contribution is 5.99. The van der Waals surface area contributed by atoms with Crippen molar-refractivity contribution in [3.63, 3.8) is 0 Å². The molecule has 3 aliphatic heterocycles. The van der Waals surface area contributed by atoms with E-state index in [1.165, 1.54) is 16.8 Å². The summed E-state index contributed by atoms with van der Waals surface area (Å²) < 4.78 is 28.5. The standard InChI is InChI=1S/C24H24F2N4O6/c1-12-4-5-24(7-15(11-31)28-36-24)18-10-29(12)23(35)19-21(33)20(32)16(9-30(18)19)22(34)27-8-13-2-3-14(25)6-17(13)26/h2-3,6,9,12,18,31,33H,4-5,7-8,10-11H2,1H3,(H,27,34). The van der Waals surface area contributed by atoms with Crippen LogP contribution in [-0.4, -0.2) is 62.0 Å². The Bertz CT molecular complexity index is 1360. The number of nitrogens with zero attached hydrogens (tertiary/aromatic N) is 3. The van der Waals surface area contributed by atoms with Crippen LogP contribution in [0.4, 0.5) is 8.78 Å². The lowest BCUT2D eigenvalue weighted by Gasteiger charge is -2.41. The van der Waals surface area contributed by atoms with Gasteiger partial charge in [0.25, 0.3) is 11.8 Å². The summed E-state index contributed by atoms with van der Waals surface area (Å²) in [4.78, 5) is 46.5. The average molecular weight is 502 g/mol. The van der Waals surface area contributed by atoms with Crippen molar-refractivity contribution in [1.82, 2.24) is 14.8 Å². The van der Waals surface area contributed by atoms with Gasteiger partial charge in [0, 0.05) is 43.4 Å². The van der Waals surface area contributed by atoms with Crippen molar-refractivity contribution in [2.45, 2.75) is 50.4 Å². The van der Waals surface area contributed by atoms with Crippen LogP contribution in [0.5, 0.6) is 5.75 Å². The first-order chi connectivity index (χ1) is 17.1. The maximum absolute atomic E-state index is 14.0. The fourth-order valence-corrected chi connectivity index (χ4v) is 5.21. The van der Waals surface area contributed by atoms with Crippen LogP contribution in [0.2, 0.25) is 0 Å². The van der Waals surface area contributed by atoms with Crippen LogP contribution in [0.3, 0.4) is 0 Å². The first-order valence-corrected chi connectivity index (χ1v) is 11.5. The number of nitrogens with one attached hydrogen (secondary N) is 1. The molecule has 36 heavy (non-hydrogen) atoms. The molecule has 1 spiro atoms. The molecule has 1 aromatic carbocycles. The molecule has 4 heterocycles. The number of rotatable bonds is 4. The highest BCUT2D eigenvalue weighted by Gasteiger charge is 2.54. The second kappa shape index (κ2) is 8.70. The molecule has 5 rings (SSSR count). The Morgan fingerprint density at radius 2 is 2.11 bits per heavy atom. The van der Waals surface area contributed by atoms with Gasteiger partial charge in [-0.2, -0.15) is 0 Å². The first kappa shape index (κ1) is 23.9. The summed E-state index contributed by atoms with van der Waals surface area (Å²) in [5.41, 5.74) is -2.28. The third-order valence-electron chi connectivity index (χ3n) is 7.25. The lowest BCUT2D eigenvalue weighted by molar-refractivity contribution is -0.0655. The Morgan fingerprint density at radius 1 is 1.33 bits per heavy atom. The minimum Gasteiger partial charge on any atom is -0.503 e. The second-order valence-electron chi connectivity index (χ2n) is 9.40. The van der Waals surface area contributed by atoms with Gasteiger partial charge in [0.1, 0.15) is 17.2 Å². The topological polar surface area (TPSA) is 133 Å². The van der Waals surface area contributed by atoms with Crippen molar-refractivity contribution < 1.29 is 33.4 Å². The Morgan fingerprint density at radius 3 is 2.81 bits per heavy atom. The number of amides is 2. The van der Waals surface area contributed by atoms with Crippen molar-refractivity contribution in [2.24, 2.45) is 5.16 Å². The Hall–Kier alpha value is -3.80. The number of oxime groups is 1. The minimum absolute atomic E-state index is 0.00241. The number of aromatic nitrogens is 1. The predicted octanol–water partition coefficient (Wildman–Crippen LogP) is 1.45. The van der Waals surface area contributed by atoms with E-state index in [9.17, 15) is 33.4 Å². The summed E-state index contributed by atoms with van der Waals surface area (Å²) in [5.74, 6) is -3.96. The quantitative estimate of drug-likeness (QED) is 0.580. The van der Waals surface area contributed by atoms with Crippen molar-refractivity contribution in [2.75, 3.05) is 13.2 Å². The van der Waals surface area contributed by atoms with Crippen LogP contribution in [0.1, 0.15) is 58.6 Å². The molecule has 2 amide bonds. The molecule has 10 nitrogen and oxygen atoms in total. The van der Waals surface area contributed by atoms with Crippen LogP contribution >= 0.6 is 0 Å². The number of fused-ring (bicyclic) bond motifs is 5. The molecule has 2 bridgehead atoms. The molecule has 0 radical (unpaired) electrons. The zero-order valence-electron chi connectivity index (χ0n) is 19.3. The molecule has 190 valence electrons. The van der Waals surface area contributed by atoms with Gasteiger partial charge >= 0.3 is 0 Å². The molecule has 1 fully saturated rings. The smallest absolute Gasteiger partial charge is 0.274 e. The fourth-order valence-electron chi connectivity index (χ4n) is 5.21. The normalized spacial score (nSPS) is 24.7. The van der Waals surface area contributed by atoms with E-state index in [0.29, 0.717) is 24.6 Å². The molecule has 1 saturated heterocycles. The average Bonchev–Trinajstić information content (AvgIpc) is 3.23. The monoisotopic (exact) mass is 502 g/mol. The summed E-state index contributed by atoms with van der Waals surface area (Å²) in [6.45, 7) is 1.41. The Balaban J connectivity index is 1.54. The largest absolute Gasteiger partial charge is 0.503 e. The van der Waals surface area contributed by atoms with E-state index in [4.69, 9.17) is 4.84 Å². The van der Waals surface area contributed by atoms with Gasteiger partial charge in [-0.3, -0.25) is 14.4 Å². The molecule has 1 aromatic heterocycles. The third-order valence-corrected chi connectivity index (χ3v) is 7.25. The van der Waals surface area contributed by atoms with Crippen molar-refractivity contribution in [1.29, 1.82) is 0 Å². The van der Waals surface area contributed by atoms with Crippen molar-refractivity contribution in [3.8, 4) is 5.75 Å². The van der Waals surface area contributed by atoms with Gasteiger partial charge in [0.2, 0.25) is 5.43 Å².